The Morgan fingerprint density at radius 2 is 1.65 bits per heavy atom. The summed E-state index contributed by atoms with van der Waals surface area (Å²) in [5.74, 6) is 0. The van der Waals surface area contributed by atoms with Crippen molar-refractivity contribution in [2.45, 2.75) is 0 Å². The van der Waals surface area contributed by atoms with Crippen LogP contribution in [0, 0.1) is 0 Å². The van der Waals surface area contributed by atoms with Crippen molar-refractivity contribution in [3.05, 3.63) is 23.2 Å². The van der Waals surface area contributed by atoms with E-state index in [0.29, 0.717) is 31.5 Å². The zero-order valence-electron chi connectivity index (χ0n) is 9.67. The number of para-hydroxylation sites is 1. The van der Waals surface area contributed by atoms with Crippen LogP contribution >= 0.6 is 11.6 Å². The van der Waals surface area contributed by atoms with Crippen molar-refractivity contribution in [3.8, 4) is 0 Å². The summed E-state index contributed by atoms with van der Waals surface area (Å²) in [5, 5.41) is 7.31. The van der Waals surface area contributed by atoms with Crippen LogP contribution in [0.5, 0.6) is 0 Å². The van der Waals surface area contributed by atoms with Crippen molar-refractivity contribution in [2.24, 2.45) is 0 Å². The molecule has 0 saturated carbocycles. The van der Waals surface area contributed by atoms with E-state index in [4.69, 9.17) is 21.1 Å². The Morgan fingerprint density at radius 1 is 0.941 bits per heavy atom. The number of nitrogens with one attached hydrogen (secondary N) is 2. The van der Waals surface area contributed by atoms with Crippen molar-refractivity contribution in [1.82, 2.24) is 0 Å². The lowest BCUT2D eigenvalue weighted by atomic mass is 10.2. The molecule has 0 amide bonds. The van der Waals surface area contributed by atoms with Gasteiger partial charge in [-0.2, -0.15) is 0 Å². The van der Waals surface area contributed by atoms with Crippen molar-refractivity contribution in [1.29, 1.82) is 0 Å². The molecule has 0 bridgehead atoms. The summed E-state index contributed by atoms with van der Waals surface area (Å²) in [6.45, 7) is 4.08. The molecule has 0 aliphatic carbocycles. The summed E-state index contributed by atoms with van der Waals surface area (Å²) in [5.41, 5.74) is 1.93. The molecule has 1 aliphatic heterocycles. The maximum atomic E-state index is 6.16. The van der Waals surface area contributed by atoms with Gasteiger partial charge < -0.3 is 20.1 Å². The van der Waals surface area contributed by atoms with Gasteiger partial charge in [-0.1, -0.05) is 17.7 Å². The Labute approximate surface area is 106 Å². The molecule has 0 radical (unpaired) electrons. The van der Waals surface area contributed by atoms with Gasteiger partial charge in [0, 0.05) is 13.1 Å². The predicted octanol–water partition coefficient (Wildman–Crippen LogP) is 2.21. The summed E-state index contributed by atoms with van der Waals surface area (Å²) >= 11 is 6.16. The highest BCUT2D eigenvalue weighted by molar-refractivity contribution is 6.33. The van der Waals surface area contributed by atoms with E-state index in [9.17, 15) is 0 Å². The Kier molecular flexibility index (Phi) is 4.91. The zero-order valence-corrected chi connectivity index (χ0v) is 10.4. The van der Waals surface area contributed by atoms with Crippen LogP contribution in [-0.2, 0) is 9.47 Å². The van der Waals surface area contributed by atoms with E-state index in [1.54, 1.807) is 0 Å². The first-order valence-electron chi connectivity index (χ1n) is 5.79. The molecular formula is C12H17ClN2O2. The van der Waals surface area contributed by atoms with Crippen molar-refractivity contribution < 1.29 is 9.47 Å². The number of fused-ring (bicyclic) bond motifs is 1. The standard InChI is InChI=1S/C12H17ClN2O2/c13-10-2-1-3-11-12(10)15-5-7-17-9-8-16-6-4-14-11/h1-3,14-15H,4-9H2. The smallest absolute Gasteiger partial charge is 0.0766 e. The summed E-state index contributed by atoms with van der Waals surface area (Å²) in [6.07, 6.45) is 0. The molecule has 2 rings (SSSR count). The topological polar surface area (TPSA) is 42.5 Å². The highest BCUT2D eigenvalue weighted by Crippen LogP contribution is 2.29. The second kappa shape index (κ2) is 6.69. The summed E-state index contributed by atoms with van der Waals surface area (Å²) in [6, 6.07) is 5.80. The first kappa shape index (κ1) is 12.5. The molecule has 94 valence electrons. The molecule has 0 unspecified atom stereocenters. The maximum Gasteiger partial charge on any atom is 0.0766 e. The van der Waals surface area contributed by atoms with Gasteiger partial charge in [-0.25, -0.2) is 0 Å². The molecule has 1 aromatic carbocycles. The van der Waals surface area contributed by atoms with E-state index >= 15 is 0 Å². The Hall–Kier alpha value is -0.970. The van der Waals surface area contributed by atoms with Crippen molar-refractivity contribution in [2.75, 3.05) is 50.2 Å². The number of rotatable bonds is 0. The Morgan fingerprint density at radius 3 is 2.41 bits per heavy atom. The van der Waals surface area contributed by atoms with Gasteiger partial charge in [0.2, 0.25) is 0 Å². The van der Waals surface area contributed by atoms with Crippen LogP contribution in [0.3, 0.4) is 0 Å². The number of benzene rings is 1. The van der Waals surface area contributed by atoms with Crippen LogP contribution in [0.2, 0.25) is 5.02 Å². The highest BCUT2D eigenvalue weighted by Gasteiger charge is 2.06. The fraction of sp³-hybridized carbons (Fsp3) is 0.500. The number of hydrogen-bond acceptors (Lipinski definition) is 4. The molecule has 1 heterocycles. The van der Waals surface area contributed by atoms with Gasteiger partial charge >= 0.3 is 0 Å². The zero-order chi connectivity index (χ0) is 11.9. The minimum absolute atomic E-state index is 0.636. The van der Waals surface area contributed by atoms with E-state index in [0.717, 1.165) is 24.5 Å². The van der Waals surface area contributed by atoms with E-state index < -0.39 is 0 Å². The minimum atomic E-state index is 0.636. The third-order valence-corrected chi connectivity index (χ3v) is 2.81. The van der Waals surface area contributed by atoms with Gasteiger partial charge in [0.25, 0.3) is 0 Å². The number of halogens is 1. The van der Waals surface area contributed by atoms with Crippen LogP contribution in [0.25, 0.3) is 0 Å². The fourth-order valence-electron chi connectivity index (χ4n) is 1.68. The Balaban J connectivity index is 2.08. The van der Waals surface area contributed by atoms with Crippen molar-refractivity contribution in [3.63, 3.8) is 0 Å². The maximum absolute atomic E-state index is 6.16. The number of anilines is 2. The molecule has 1 aliphatic rings. The van der Waals surface area contributed by atoms with Crippen LogP contribution in [0.4, 0.5) is 11.4 Å². The average Bonchev–Trinajstić information content (AvgIpc) is 2.31. The fourth-order valence-corrected chi connectivity index (χ4v) is 1.92. The van der Waals surface area contributed by atoms with E-state index in [1.165, 1.54) is 0 Å². The van der Waals surface area contributed by atoms with Gasteiger partial charge in [-0.05, 0) is 12.1 Å². The van der Waals surface area contributed by atoms with Crippen molar-refractivity contribution >= 4 is 23.0 Å². The third-order valence-electron chi connectivity index (χ3n) is 2.50. The van der Waals surface area contributed by atoms with Gasteiger partial charge in [0.15, 0.2) is 0 Å². The molecule has 4 nitrogen and oxygen atoms in total. The summed E-state index contributed by atoms with van der Waals surface area (Å²) < 4.78 is 10.8. The molecule has 1 aromatic rings. The van der Waals surface area contributed by atoms with Gasteiger partial charge in [0.05, 0.1) is 42.8 Å². The molecule has 5 heteroatoms. The normalized spacial score (nSPS) is 17.9. The number of ether oxygens (including phenoxy) is 2. The third kappa shape index (κ3) is 3.77. The molecule has 0 fully saturated rings. The average molecular weight is 257 g/mol. The lowest BCUT2D eigenvalue weighted by Gasteiger charge is -2.17. The second-order valence-electron chi connectivity index (χ2n) is 3.74. The van der Waals surface area contributed by atoms with Crippen LogP contribution in [0.15, 0.2) is 18.2 Å². The quantitative estimate of drug-likeness (QED) is 0.747. The SMILES string of the molecule is Clc1cccc2c1NCCOCCOCCN2. The molecule has 0 saturated heterocycles. The molecule has 17 heavy (non-hydrogen) atoms. The van der Waals surface area contributed by atoms with E-state index in [-0.39, 0.29) is 0 Å². The largest absolute Gasteiger partial charge is 0.381 e. The lowest BCUT2D eigenvalue weighted by Crippen LogP contribution is -2.18. The first-order chi connectivity index (χ1) is 8.38. The van der Waals surface area contributed by atoms with E-state index in [2.05, 4.69) is 10.6 Å². The van der Waals surface area contributed by atoms with E-state index in [1.807, 2.05) is 18.2 Å². The first-order valence-corrected chi connectivity index (χ1v) is 6.17. The highest BCUT2D eigenvalue weighted by atomic mass is 35.5. The van der Waals surface area contributed by atoms with Crippen LogP contribution < -0.4 is 10.6 Å². The molecule has 2 N–H and O–H groups in total. The van der Waals surface area contributed by atoms with Gasteiger partial charge in [-0.15, -0.1) is 0 Å². The summed E-state index contributed by atoms with van der Waals surface area (Å²) in [4.78, 5) is 0. The summed E-state index contributed by atoms with van der Waals surface area (Å²) in [7, 11) is 0. The predicted molar refractivity (Wildman–Crippen MR) is 70.1 cm³/mol. The molecule has 0 aromatic heterocycles. The lowest BCUT2D eigenvalue weighted by molar-refractivity contribution is 0.0555. The molecular weight excluding hydrogens is 240 g/mol. The van der Waals surface area contributed by atoms with Gasteiger partial charge in [-0.3, -0.25) is 0 Å². The number of hydrogen-bond donors (Lipinski definition) is 2. The van der Waals surface area contributed by atoms with Gasteiger partial charge in [0.1, 0.15) is 0 Å². The Bertz CT molecular complexity index is 360. The van der Waals surface area contributed by atoms with Crippen LogP contribution in [-0.4, -0.2) is 39.5 Å². The second-order valence-corrected chi connectivity index (χ2v) is 4.15. The molecule has 0 spiro atoms. The van der Waals surface area contributed by atoms with Crippen LogP contribution in [0.1, 0.15) is 0 Å². The minimum Gasteiger partial charge on any atom is -0.381 e. The monoisotopic (exact) mass is 256 g/mol. The molecule has 0 atom stereocenters.